The van der Waals surface area contributed by atoms with Crippen molar-refractivity contribution in [3.8, 4) is 0 Å². The molecule has 0 aliphatic carbocycles. The van der Waals surface area contributed by atoms with E-state index >= 15 is 0 Å². The molecule has 0 saturated heterocycles. The maximum absolute atomic E-state index is 9.78. The van der Waals surface area contributed by atoms with E-state index in [0.717, 1.165) is 18.5 Å². The Morgan fingerprint density at radius 2 is 2.83 bits per heavy atom. The van der Waals surface area contributed by atoms with Gasteiger partial charge in [-0.1, -0.05) is 0 Å². The lowest BCUT2D eigenvalue weighted by atomic mass is 11.6. The highest BCUT2D eigenvalue weighted by Crippen LogP contribution is 2.12. The molecule has 0 bridgehead atoms. The molecule has 0 aromatic heterocycles. The minimum Gasteiger partial charge on any atom is -0.741 e. The topological polar surface area (TPSA) is 47.9 Å². The normalized spacial score (nSPS) is 21.5. The van der Waals surface area contributed by atoms with Crippen LogP contribution in [0.5, 0.6) is 0 Å². The zero-order chi connectivity index (χ0) is 4.41. The van der Waals surface area contributed by atoms with Gasteiger partial charge in [0.1, 0.15) is 0 Å². The molecular weight excluding hydrogens is 104 g/mol. The van der Waals surface area contributed by atoms with E-state index in [1.54, 1.807) is 0 Å². The fourth-order valence-corrected chi connectivity index (χ4v) is 0.366. The molecule has 0 radical (unpaired) electrons. The lowest BCUT2D eigenvalue weighted by Crippen LogP contribution is -1.97. The van der Waals surface area contributed by atoms with Crippen LogP contribution in [-0.2, 0) is 4.84 Å². The second kappa shape index (κ2) is 1.46. The van der Waals surface area contributed by atoms with Gasteiger partial charge in [0.25, 0.3) is 0 Å². The Bertz CT molecular complexity index is 65.9. The predicted octanol–water partition coefficient (Wildman–Crippen LogP) is 0.323. The molecule has 1 aliphatic rings. The van der Waals surface area contributed by atoms with Crippen molar-refractivity contribution in [3.05, 3.63) is 5.21 Å². The largest absolute Gasteiger partial charge is 0.741 e. The average molecular weight is 105 g/mol. The van der Waals surface area contributed by atoms with E-state index in [9.17, 15) is 5.21 Å². The van der Waals surface area contributed by atoms with Crippen molar-refractivity contribution >= 4 is 18.5 Å². The number of hydrogen-bond acceptors (Lipinski definition) is 5. The van der Waals surface area contributed by atoms with E-state index in [4.69, 9.17) is 0 Å². The molecule has 0 aromatic carbocycles. The molecule has 0 saturated carbocycles. The molecular formula is CHN2O2S-. The average Bonchev–Trinajstić information content (AvgIpc) is 1.86. The molecule has 1 heterocycles. The van der Waals surface area contributed by atoms with E-state index in [1.165, 1.54) is 0 Å². The van der Waals surface area contributed by atoms with Gasteiger partial charge in [-0.05, 0) is 0 Å². The van der Waals surface area contributed by atoms with Gasteiger partial charge in [0, 0.05) is 0 Å². The van der Waals surface area contributed by atoms with Gasteiger partial charge in [-0.25, -0.2) is 0 Å². The highest BCUT2D eigenvalue weighted by molar-refractivity contribution is 7.95. The molecule has 5 heteroatoms. The van der Waals surface area contributed by atoms with Crippen molar-refractivity contribution in [3.63, 3.8) is 0 Å². The Hall–Kier alpha value is -0.260. The van der Waals surface area contributed by atoms with E-state index in [1.807, 2.05) is 0 Å². The summed E-state index contributed by atoms with van der Waals surface area (Å²) in [6, 6.07) is 0. The van der Waals surface area contributed by atoms with Gasteiger partial charge in [0.05, 0.1) is 12.1 Å². The first-order valence-corrected chi connectivity index (χ1v) is 1.95. The van der Waals surface area contributed by atoms with Gasteiger partial charge in [-0.2, -0.15) is 4.40 Å². The summed E-state index contributed by atoms with van der Waals surface area (Å²) in [5.41, 5.74) is 0. The van der Waals surface area contributed by atoms with Crippen LogP contribution < -0.4 is 0 Å². The quantitative estimate of drug-likeness (QED) is 0.416. The zero-order valence-electron chi connectivity index (χ0n) is 2.70. The Labute approximate surface area is 38.6 Å². The fourth-order valence-electron chi connectivity index (χ4n) is 0.135. The molecule has 34 valence electrons. The van der Waals surface area contributed by atoms with Gasteiger partial charge in [0.15, 0.2) is 0 Å². The van der Waals surface area contributed by atoms with Crippen molar-refractivity contribution in [2.75, 3.05) is 0 Å². The zero-order valence-corrected chi connectivity index (χ0v) is 3.51. The lowest BCUT2D eigenvalue weighted by Gasteiger charge is -2.12. The summed E-state index contributed by atoms with van der Waals surface area (Å²) in [7, 11) is 0. The first-order chi connectivity index (χ1) is 2.89. The summed E-state index contributed by atoms with van der Waals surface area (Å²) in [5, 5.41) is 9.78. The SMILES string of the molecule is [O-]N1OC=NS1. The highest BCUT2D eigenvalue weighted by atomic mass is 32.2. The highest BCUT2D eigenvalue weighted by Gasteiger charge is 1.92. The Kier molecular flexibility index (Phi) is 0.952. The van der Waals surface area contributed by atoms with Crippen LogP contribution in [0.3, 0.4) is 0 Å². The second-order valence-corrected chi connectivity index (χ2v) is 1.29. The standard InChI is InChI=1S/CHN2O2S/c4-3-5-1-2-6-3/h1H/q-1. The van der Waals surface area contributed by atoms with E-state index in [0.29, 0.717) is 4.63 Å². The molecule has 0 unspecified atom stereocenters. The predicted molar refractivity (Wildman–Crippen MR) is 22.4 cm³/mol. The van der Waals surface area contributed by atoms with Gasteiger partial charge in [-0.15, -0.1) is 4.63 Å². The molecule has 0 fully saturated rings. The van der Waals surface area contributed by atoms with E-state index in [-0.39, 0.29) is 0 Å². The van der Waals surface area contributed by atoms with Crippen molar-refractivity contribution in [1.29, 1.82) is 0 Å². The van der Waals surface area contributed by atoms with Gasteiger partial charge in [0.2, 0.25) is 6.40 Å². The summed E-state index contributed by atoms with van der Waals surface area (Å²) < 4.78 is 3.65. The molecule has 4 nitrogen and oxygen atoms in total. The molecule has 0 aromatic rings. The first-order valence-electron chi connectivity index (χ1n) is 1.22. The van der Waals surface area contributed by atoms with Crippen LogP contribution in [0.1, 0.15) is 0 Å². The third-order valence-electron chi connectivity index (χ3n) is 0.290. The summed E-state index contributed by atoms with van der Waals surface area (Å²) in [5.74, 6) is 0. The van der Waals surface area contributed by atoms with Crippen molar-refractivity contribution in [2.24, 2.45) is 4.40 Å². The minimum absolute atomic E-state index is 0.306. The van der Waals surface area contributed by atoms with Crippen LogP contribution in [-0.4, -0.2) is 11.0 Å². The van der Waals surface area contributed by atoms with Crippen LogP contribution in [0.4, 0.5) is 0 Å². The summed E-state index contributed by atoms with van der Waals surface area (Å²) in [4.78, 5) is 4.10. The van der Waals surface area contributed by atoms with Crippen molar-refractivity contribution in [1.82, 2.24) is 4.63 Å². The third-order valence-corrected chi connectivity index (χ3v) is 0.690. The molecule has 0 atom stereocenters. The Balaban J connectivity index is 2.32. The number of hydrogen-bond donors (Lipinski definition) is 0. The first kappa shape index (κ1) is 3.91. The maximum Gasteiger partial charge on any atom is 0.209 e. The van der Waals surface area contributed by atoms with Gasteiger partial charge in [-0.3, -0.25) is 0 Å². The van der Waals surface area contributed by atoms with Crippen molar-refractivity contribution in [2.45, 2.75) is 0 Å². The van der Waals surface area contributed by atoms with Gasteiger partial charge < -0.3 is 10.0 Å². The second-order valence-electron chi connectivity index (χ2n) is 0.621. The molecule has 1 rings (SSSR count). The smallest absolute Gasteiger partial charge is 0.209 e. The number of nitrogens with zero attached hydrogens (tertiary/aromatic N) is 2. The molecule has 6 heavy (non-hydrogen) atoms. The third kappa shape index (κ3) is 0.618. The molecule has 0 N–H and O–H groups in total. The Morgan fingerprint density at radius 3 is 3.00 bits per heavy atom. The molecule has 0 amide bonds. The van der Waals surface area contributed by atoms with Crippen molar-refractivity contribution < 1.29 is 4.84 Å². The monoisotopic (exact) mass is 105 g/mol. The maximum atomic E-state index is 9.78. The number of rotatable bonds is 0. The summed E-state index contributed by atoms with van der Waals surface area (Å²) in [6.07, 6.45) is 1.08. The molecule has 1 aliphatic heterocycles. The van der Waals surface area contributed by atoms with Crippen LogP contribution in [0.2, 0.25) is 0 Å². The van der Waals surface area contributed by atoms with Crippen LogP contribution in [0, 0.1) is 5.21 Å². The van der Waals surface area contributed by atoms with E-state index < -0.39 is 0 Å². The fraction of sp³-hybridized carbons (Fsp3) is 0. The summed E-state index contributed by atoms with van der Waals surface area (Å²) >= 11 is 0.722. The van der Waals surface area contributed by atoms with Gasteiger partial charge >= 0.3 is 0 Å². The summed E-state index contributed by atoms with van der Waals surface area (Å²) in [6.45, 7) is 0. The van der Waals surface area contributed by atoms with Crippen LogP contribution in [0.25, 0.3) is 0 Å². The van der Waals surface area contributed by atoms with Crippen LogP contribution in [0.15, 0.2) is 4.40 Å². The Morgan fingerprint density at radius 1 is 2.00 bits per heavy atom. The minimum atomic E-state index is 0.306. The van der Waals surface area contributed by atoms with Crippen LogP contribution >= 0.6 is 12.1 Å². The lowest BCUT2D eigenvalue weighted by molar-refractivity contribution is 0.107. The van der Waals surface area contributed by atoms with E-state index in [2.05, 4.69) is 9.24 Å². The molecule has 0 spiro atoms.